The van der Waals surface area contributed by atoms with Gasteiger partial charge in [-0.1, -0.05) is 23.7 Å². The molecule has 14 heavy (non-hydrogen) atoms. The molecule has 0 spiro atoms. The van der Waals surface area contributed by atoms with Crippen LogP contribution < -0.4 is 5.32 Å². The second-order valence-corrected chi connectivity index (χ2v) is 3.51. The Bertz CT molecular complexity index is 357. The second-order valence-electron chi connectivity index (χ2n) is 3.07. The van der Waals surface area contributed by atoms with E-state index in [1.54, 1.807) is 12.1 Å². The lowest BCUT2D eigenvalue weighted by Crippen LogP contribution is -2.33. The Morgan fingerprint density at radius 1 is 1.36 bits per heavy atom. The minimum absolute atomic E-state index is 0. The number of halogens is 3. The van der Waals surface area contributed by atoms with Crippen LogP contribution in [0.15, 0.2) is 23.8 Å². The van der Waals surface area contributed by atoms with Crippen LogP contribution in [0.3, 0.4) is 0 Å². The van der Waals surface area contributed by atoms with Gasteiger partial charge >= 0.3 is 0 Å². The van der Waals surface area contributed by atoms with Crippen molar-refractivity contribution in [2.24, 2.45) is 0 Å². The predicted molar refractivity (Wildman–Crippen MR) is 59.5 cm³/mol. The van der Waals surface area contributed by atoms with Crippen LogP contribution in [0.5, 0.6) is 0 Å². The molecule has 76 valence electrons. The Morgan fingerprint density at radius 2 is 2.07 bits per heavy atom. The van der Waals surface area contributed by atoms with Gasteiger partial charge in [-0.15, -0.1) is 12.4 Å². The first kappa shape index (κ1) is 11.5. The van der Waals surface area contributed by atoms with Gasteiger partial charge in [-0.05, 0) is 17.7 Å². The SMILES string of the molecule is Cl.Fc1cc(Cl)ccc1C=C1CNC1. The summed E-state index contributed by atoms with van der Waals surface area (Å²) in [6.07, 6.45) is 1.86. The van der Waals surface area contributed by atoms with Crippen molar-refractivity contribution < 1.29 is 4.39 Å². The molecule has 0 aromatic heterocycles. The van der Waals surface area contributed by atoms with Gasteiger partial charge in [0.25, 0.3) is 0 Å². The van der Waals surface area contributed by atoms with Gasteiger partial charge in [-0.2, -0.15) is 0 Å². The van der Waals surface area contributed by atoms with Gasteiger partial charge in [0.1, 0.15) is 5.82 Å². The van der Waals surface area contributed by atoms with Crippen molar-refractivity contribution in [2.45, 2.75) is 0 Å². The molecule has 0 radical (unpaired) electrons. The van der Waals surface area contributed by atoms with Crippen molar-refractivity contribution in [2.75, 3.05) is 13.1 Å². The Morgan fingerprint density at radius 3 is 2.57 bits per heavy atom. The van der Waals surface area contributed by atoms with Crippen molar-refractivity contribution in [1.82, 2.24) is 5.32 Å². The van der Waals surface area contributed by atoms with Crippen molar-refractivity contribution in [3.8, 4) is 0 Å². The molecule has 1 aliphatic heterocycles. The fraction of sp³-hybridized carbons (Fsp3) is 0.200. The summed E-state index contributed by atoms with van der Waals surface area (Å²) in [7, 11) is 0. The maximum absolute atomic E-state index is 13.2. The molecule has 0 amide bonds. The van der Waals surface area contributed by atoms with Gasteiger partial charge in [0.2, 0.25) is 0 Å². The highest BCUT2D eigenvalue weighted by Crippen LogP contribution is 2.18. The van der Waals surface area contributed by atoms with E-state index in [1.807, 2.05) is 6.08 Å². The fourth-order valence-electron chi connectivity index (χ4n) is 1.21. The van der Waals surface area contributed by atoms with E-state index in [9.17, 15) is 4.39 Å². The van der Waals surface area contributed by atoms with Crippen LogP contribution in [0.25, 0.3) is 6.08 Å². The smallest absolute Gasteiger partial charge is 0.131 e. The molecule has 1 fully saturated rings. The molecule has 1 saturated heterocycles. The summed E-state index contributed by atoms with van der Waals surface area (Å²) in [4.78, 5) is 0. The van der Waals surface area contributed by atoms with E-state index in [0.717, 1.165) is 13.1 Å². The molecular formula is C10H10Cl2FN. The summed E-state index contributed by atoms with van der Waals surface area (Å²) in [6, 6.07) is 4.73. The molecule has 1 aromatic rings. The van der Waals surface area contributed by atoms with Crippen LogP contribution in [0.1, 0.15) is 5.56 Å². The van der Waals surface area contributed by atoms with Crippen LogP contribution in [-0.2, 0) is 0 Å². The molecule has 0 saturated carbocycles. The van der Waals surface area contributed by atoms with Crippen molar-refractivity contribution >= 4 is 30.1 Å². The molecule has 1 heterocycles. The van der Waals surface area contributed by atoms with Crippen LogP contribution in [0, 0.1) is 5.82 Å². The van der Waals surface area contributed by atoms with Crippen molar-refractivity contribution in [3.05, 3.63) is 40.2 Å². The first-order valence-corrected chi connectivity index (χ1v) is 4.49. The fourth-order valence-corrected chi connectivity index (χ4v) is 1.37. The third kappa shape index (κ3) is 2.47. The van der Waals surface area contributed by atoms with E-state index in [2.05, 4.69) is 5.32 Å². The summed E-state index contributed by atoms with van der Waals surface area (Å²) in [5.74, 6) is -0.257. The minimum atomic E-state index is -0.257. The largest absolute Gasteiger partial charge is 0.309 e. The third-order valence-corrected chi connectivity index (χ3v) is 2.26. The molecule has 4 heteroatoms. The normalized spacial score (nSPS) is 14.3. The zero-order valence-corrected chi connectivity index (χ0v) is 8.96. The van der Waals surface area contributed by atoms with Gasteiger partial charge in [-0.25, -0.2) is 4.39 Å². The Kier molecular flexibility index (Phi) is 3.93. The summed E-state index contributed by atoms with van der Waals surface area (Å²) in [5.41, 5.74) is 1.84. The van der Waals surface area contributed by atoms with E-state index in [4.69, 9.17) is 11.6 Å². The maximum Gasteiger partial charge on any atom is 0.131 e. The van der Waals surface area contributed by atoms with Crippen LogP contribution >= 0.6 is 24.0 Å². The molecule has 1 nitrogen and oxygen atoms in total. The van der Waals surface area contributed by atoms with Gasteiger partial charge in [0, 0.05) is 23.7 Å². The van der Waals surface area contributed by atoms with Crippen molar-refractivity contribution in [1.29, 1.82) is 0 Å². The average molecular weight is 234 g/mol. The van der Waals surface area contributed by atoms with Gasteiger partial charge in [0.05, 0.1) is 0 Å². The molecular weight excluding hydrogens is 224 g/mol. The second kappa shape index (κ2) is 4.78. The number of hydrogen-bond acceptors (Lipinski definition) is 1. The zero-order chi connectivity index (χ0) is 9.26. The highest BCUT2D eigenvalue weighted by atomic mass is 35.5. The molecule has 0 bridgehead atoms. The molecule has 1 aromatic carbocycles. The average Bonchev–Trinajstić information content (AvgIpc) is 1.99. The topological polar surface area (TPSA) is 12.0 Å². The van der Waals surface area contributed by atoms with Crippen molar-refractivity contribution in [3.63, 3.8) is 0 Å². The Balaban J connectivity index is 0.000000980. The lowest BCUT2D eigenvalue weighted by Gasteiger charge is -2.18. The highest BCUT2D eigenvalue weighted by Gasteiger charge is 2.08. The molecule has 1 N–H and O–H groups in total. The molecule has 0 unspecified atom stereocenters. The van der Waals surface area contributed by atoms with E-state index in [-0.39, 0.29) is 18.2 Å². The summed E-state index contributed by atoms with van der Waals surface area (Å²) < 4.78 is 13.2. The maximum atomic E-state index is 13.2. The molecule has 0 atom stereocenters. The number of rotatable bonds is 1. The lowest BCUT2D eigenvalue weighted by atomic mass is 10.1. The lowest BCUT2D eigenvalue weighted by molar-refractivity contribution is 0.623. The Hall–Kier alpha value is -0.570. The van der Waals surface area contributed by atoms with E-state index in [0.29, 0.717) is 10.6 Å². The standard InChI is InChI=1S/C10H9ClFN.ClH/c11-9-2-1-8(10(12)4-9)3-7-5-13-6-7;/h1-4,13H,5-6H2;1H. The van der Waals surface area contributed by atoms with Gasteiger partial charge in [-0.3, -0.25) is 0 Å². The summed E-state index contributed by atoms with van der Waals surface area (Å²) in [6.45, 7) is 1.73. The zero-order valence-electron chi connectivity index (χ0n) is 7.39. The number of hydrogen-bond donors (Lipinski definition) is 1. The van der Waals surface area contributed by atoms with Crippen LogP contribution in [0.4, 0.5) is 4.39 Å². The van der Waals surface area contributed by atoms with Crippen LogP contribution in [-0.4, -0.2) is 13.1 Å². The first-order chi connectivity index (χ1) is 6.25. The predicted octanol–water partition coefficient (Wildman–Crippen LogP) is 2.89. The van der Waals surface area contributed by atoms with Gasteiger partial charge < -0.3 is 5.32 Å². The van der Waals surface area contributed by atoms with E-state index in [1.165, 1.54) is 11.6 Å². The Labute approximate surface area is 93.4 Å². The third-order valence-electron chi connectivity index (χ3n) is 2.03. The number of benzene rings is 1. The van der Waals surface area contributed by atoms with Crippen LogP contribution in [0.2, 0.25) is 5.02 Å². The quantitative estimate of drug-likeness (QED) is 0.787. The highest BCUT2D eigenvalue weighted by molar-refractivity contribution is 6.30. The van der Waals surface area contributed by atoms with Gasteiger partial charge in [0.15, 0.2) is 0 Å². The monoisotopic (exact) mass is 233 g/mol. The first-order valence-electron chi connectivity index (χ1n) is 4.11. The minimum Gasteiger partial charge on any atom is -0.309 e. The molecule has 1 aliphatic rings. The summed E-state index contributed by atoms with van der Waals surface area (Å²) >= 11 is 5.63. The van der Waals surface area contributed by atoms with E-state index >= 15 is 0 Å². The number of nitrogens with one attached hydrogen (secondary N) is 1. The summed E-state index contributed by atoms with van der Waals surface area (Å²) in [5, 5.41) is 3.53. The van der Waals surface area contributed by atoms with E-state index < -0.39 is 0 Å². The molecule has 2 rings (SSSR count). The molecule has 0 aliphatic carbocycles.